The molecule has 30 heavy (non-hydrogen) atoms. The highest BCUT2D eigenvalue weighted by Gasteiger charge is 2.46. The zero-order valence-electron chi connectivity index (χ0n) is 17.3. The lowest BCUT2D eigenvalue weighted by Crippen LogP contribution is -2.37. The third-order valence-corrected chi connectivity index (χ3v) is 6.61. The van der Waals surface area contributed by atoms with Gasteiger partial charge in [-0.1, -0.05) is 12.1 Å². The molecule has 0 bridgehead atoms. The average Bonchev–Trinajstić information content (AvgIpc) is 3.41. The highest BCUT2D eigenvalue weighted by Crippen LogP contribution is 2.43. The Balaban J connectivity index is 1.38. The highest BCUT2D eigenvalue weighted by molar-refractivity contribution is 5.94. The Morgan fingerprint density at radius 2 is 1.93 bits per heavy atom. The maximum absolute atomic E-state index is 13.5. The van der Waals surface area contributed by atoms with E-state index in [1.807, 2.05) is 29.2 Å². The molecule has 2 aromatic rings. The molecule has 3 saturated heterocycles. The van der Waals surface area contributed by atoms with Crippen molar-refractivity contribution in [1.82, 2.24) is 15.2 Å². The summed E-state index contributed by atoms with van der Waals surface area (Å²) < 4.78 is 10.7. The summed E-state index contributed by atoms with van der Waals surface area (Å²) in [6.45, 7) is 5.80. The van der Waals surface area contributed by atoms with Crippen LogP contribution in [0.3, 0.4) is 0 Å². The molecule has 1 N–H and O–H groups in total. The predicted molar refractivity (Wildman–Crippen MR) is 114 cm³/mol. The van der Waals surface area contributed by atoms with Gasteiger partial charge in [0.1, 0.15) is 11.6 Å². The monoisotopic (exact) mass is 408 g/mol. The first-order chi connectivity index (χ1) is 14.7. The van der Waals surface area contributed by atoms with Crippen molar-refractivity contribution in [2.45, 2.75) is 6.04 Å². The van der Waals surface area contributed by atoms with Gasteiger partial charge in [0.25, 0.3) is 5.91 Å². The van der Waals surface area contributed by atoms with Crippen molar-refractivity contribution in [3.63, 3.8) is 0 Å². The number of nitrogens with zero attached hydrogens (tertiary/aromatic N) is 3. The van der Waals surface area contributed by atoms with Gasteiger partial charge in [0.05, 0.1) is 31.9 Å². The lowest BCUT2D eigenvalue weighted by molar-refractivity contribution is 0.0713. The third kappa shape index (κ3) is 3.52. The zero-order chi connectivity index (χ0) is 20.5. The molecule has 1 aromatic heterocycles. The molecule has 3 fully saturated rings. The van der Waals surface area contributed by atoms with E-state index in [0.29, 0.717) is 17.4 Å². The topological polar surface area (TPSA) is 66.9 Å². The SMILES string of the molecule is COc1ccc([C@H]2[C@H]3CNC[C@H]3CN2C(=O)c2ccc(N3CCOCC3)nc2)cc1. The number of aromatic nitrogens is 1. The van der Waals surface area contributed by atoms with E-state index in [1.165, 1.54) is 5.56 Å². The minimum Gasteiger partial charge on any atom is -0.497 e. The van der Waals surface area contributed by atoms with Gasteiger partial charge in [-0.15, -0.1) is 0 Å². The van der Waals surface area contributed by atoms with E-state index >= 15 is 0 Å². The Kier molecular flexibility index (Phi) is 5.31. The Morgan fingerprint density at radius 1 is 1.13 bits per heavy atom. The second kappa shape index (κ2) is 8.24. The minimum atomic E-state index is 0.0613. The molecular formula is C23H28N4O3. The van der Waals surface area contributed by atoms with Crippen molar-refractivity contribution in [2.75, 3.05) is 57.9 Å². The van der Waals surface area contributed by atoms with E-state index < -0.39 is 0 Å². The number of hydrogen-bond donors (Lipinski definition) is 1. The van der Waals surface area contributed by atoms with Gasteiger partial charge in [0, 0.05) is 44.8 Å². The molecule has 3 aliphatic heterocycles. The number of amides is 1. The average molecular weight is 409 g/mol. The maximum Gasteiger partial charge on any atom is 0.255 e. The second-order valence-electron chi connectivity index (χ2n) is 8.26. The van der Waals surface area contributed by atoms with Crippen molar-refractivity contribution >= 4 is 11.7 Å². The fourth-order valence-electron chi connectivity index (χ4n) is 5.02. The normalized spacial score (nSPS) is 26.0. The highest BCUT2D eigenvalue weighted by atomic mass is 16.5. The number of anilines is 1. The molecule has 7 nitrogen and oxygen atoms in total. The Labute approximate surface area is 177 Å². The number of methoxy groups -OCH3 is 1. The molecule has 1 amide bonds. The van der Waals surface area contributed by atoms with Crippen LogP contribution in [-0.4, -0.2) is 68.8 Å². The van der Waals surface area contributed by atoms with Crippen LogP contribution in [0.4, 0.5) is 5.82 Å². The van der Waals surface area contributed by atoms with Crippen molar-refractivity contribution < 1.29 is 14.3 Å². The number of morpholine rings is 1. The second-order valence-corrected chi connectivity index (χ2v) is 8.26. The minimum absolute atomic E-state index is 0.0613. The fourth-order valence-corrected chi connectivity index (χ4v) is 5.02. The summed E-state index contributed by atoms with van der Waals surface area (Å²) in [5.74, 6) is 2.72. The van der Waals surface area contributed by atoms with E-state index in [9.17, 15) is 4.79 Å². The van der Waals surface area contributed by atoms with Crippen molar-refractivity contribution in [3.05, 3.63) is 53.7 Å². The van der Waals surface area contributed by atoms with E-state index in [2.05, 4.69) is 27.3 Å². The van der Waals surface area contributed by atoms with Crippen LogP contribution in [0, 0.1) is 11.8 Å². The van der Waals surface area contributed by atoms with E-state index in [0.717, 1.165) is 57.5 Å². The number of carbonyl (C=O) groups excluding carboxylic acids is 1. The lowest BCUT2D eigenvalue weighted by atomic mass is 9.89. The largest absolute Gasteiger partial charge is 0.497 e. The van der Waals surface area contributed by atoms with Crippen LogP contribution in [0.1, 0.15) is 22.0 Å². The standard InChI is InChI=1S/C23H28N4O3/c1-29-19-5-2-16(3-6-19)22-20-14-24-12-18(20)15-27(22)23(28)17-4-7-21(25-13-17)26-8-10-30-11-9-26/h2-7,13,18,20,22,24H,8-12,14-15H2,1H3/t18-,20-,22-/m0/s1. The Bertz CT molecular complexity index is 880. The number of ether oxygens (including phenoxy) is 2. The summed E-state index contributed by atoms with van der Waals surface area (Å²) in [6.07, 6.45) is 1.73. The van der Waals surface area contributed by atoms with E-state index in [1.54, 1.807) is 13.3 Å². The van der Waals surface area contributed by atoms with Gasteiger partial charge in [0.15, 0.2) is 0 Å². The molecule has 0 radical (unpaired) electrons. The smallest absolute Gasteiger partial charge is 0.255 e. The number of likely N-dealkylation sites (tertiary alicyclic amines) is 1. The molecule has 3 aliphatic rings. The van der Waals surface area contributed by atoms with Gasteiger partial charge in [-0.25, -0.2) is 4.98 Å². The first-order valence-electron chi connectivity index (χ1n) is 10.7. The van der Waals surface area contributed by atoms with Crippen LogP contribution in [0.2, 0.25) is 0 Å². The number of benzene rings is 1. The number of hydrogen-bond acceptors (Lipinski definition) is 6. The van der Waals surface area contributed by atoms with E-state index in [-0.39, 0.29) is 11.9 Å². The maximum atomic E-state index is 13.5. The summed E-state index contributed by atoms with van der Waals surface area (Å²) in [4.78, 5) is 22.3. The van der Waals surface area contributed by atoms with Gasteiger partial charge in [-0.2, -0.15) is 0 Å². The molecule has 7 heteroatoms. The van der Waals surface area contributed by atoms with Crippen LogP contribution in [0.25, 0.3) is 0 Å². The van der Waals surface area contributed by atoms with E-state index in [4.69, 9.17) is 9.47 Å². The van der Waals surface area contributed by atoms with Gasteiger partial charge in [0.2, 0.25) is 0 Å². The quantitative estimate of drug-likeness (QED) is 0.834. The van der Waals surface area contributed by atoms with Crippen LogP contribution >= 0.6 is 0 Å². The lowest BCUT2D eigenvalue weighted by Gasteiger charge is -2.29. The van der Waals surface area contributed by atoms with Crippen molar-refractivity contribution in [2.24, 2.45) is 11.8 Å². The van der Waals surface area contributed by atoms with Crippen molar-refractivity contribution in [1.29, 1.82) is 0 Å². The Morgan fingerprint density at radius 3 is 2.63 bits per heavy atom. The van der Waals surface area contributed by atoms with Crippen molar-refractivity contribution in [3.8, 4) is 5.75 Å². The summed E-state index contributed by atoms with van der Waals surface area (Å²) in [5, 5.41) is 3.50. The molecule has 0 aliphatic carbocycles. The van der Waals surface area contributed by atoms with Crippen LogP contribution in [-0.2, 0) is 4.74 Å². The first kappa shape index (κ1) is 19.3. The molecule has 158 valence electrons. The van der Waals surface area contributed by atoms with Crippen LogP contribution < -0.4 is 15.0 Å². The molecule has 4 heterocycles. The molecule has 0 spiro atoms. The molecule has 5 rings (SSSR count). The first-order valence-corrected chi connectivity index (χ1v) is 10.7. The number of nitrogens with one attached hydrogen (secondary N) is 1. The number of carbonyl (C=O) groups is 1. The zero-order valence-corrected chi connectivity index (χ0v) is 17.3. The third-order valence-electron chi connectivity index (χ3n) is 6.61. The number of pyridine rings is 1. The fraction of sp³-hybridized carbons (Fsp3) is 0.478. The molecule has 0 unspecified atom stereocenters. The predicted octanol–water partition coefficient (Wildman–Crippen LogP) is 1.96. The summed E-state index contributed by atoms with van der Waals surface area (Å²) in [7, 11) is 1.67. The van der Waals surface area contributed by atoms with Gasteiger partial charge in [-0.3, -0.25) is 4.79 Å². The summed E-state index contributed by atoms with van der Waals surface area (Å²) in [6, 6.07) is 12.1. The number of rotatable bonds is 4. The Hall–Kier alpha value is -2.64. The summed E-state index contributed by atoms with van der Waals surface area (Å²) in [5.41, 5.74) is 1.82. The van der Waals surface area contributed by atoms with Crippen LogP contribution in [0.15, 0.2) is 42.6 Å². The van der Waals surface area contributed by atoms with Gasteiger partial charge < -0.3 is 24.6 Å². The van der Waals surface area contributed by atoms with Gasteiger partial charge in [-0.05, 0) is 35.7 Å². The molecule has 3 atom stereocenters. The van der Waals surface area contributed by atoms with Gasteiger partial charge >= 0.3 is 0 Å². The molecular weight excluding hydrogens is 380 g/mol. The number of fused-ring (bicyclic) bond motifs is 1. The summed E-state index contributed by atoms with van der Waals surface area (Å²) >= 11 is 0. The van der Waals surface area contributed by atoms with Crippen LogP contribution in [0.5, 0.6) is 5.75 Å². The molecule has 0 saturated carbocycles. The molecule has 1 aromatic carbocycles.